The van der Waals surface area contributed by atoms with E-state index < -0.39 is 0 Å². The van der Waals surface area contributed by atoms with Gasteiger partial charge in [-0.2, -0.15) is 0 Å². The largest absolute Gasteiger partial charge is 0.378 e. The predicted octanol–water partition coefficient (Wildman–Crippen LogP) is 1.67. The first kappa shape index (κ1) is 20.0. The van der Waals surface area contributed by atoms with Gasteiger partial charge in [-0.3, -0.25) is 9.69 Å². The molecule has 0 spiro atoms. The number of nitrogens with zero attached hydrogens (tertiary/aromatic N) is 5. The zero-order valence-electron chi connectivity index (χ0n) is 17.1. The molecule has 1 aromatic heterocycles. The zero-order chi connectivity index (χ0) is 19.4. The number of hydrogen-bond acceptors (Lipinski definition) is 6. The van der Waals surface area contributed by atoms with Crippen LogP contribution in [-0.2, 0) is 9.53 Å². The third kappa shape index (κ3) is 5.17. The molecule has 3 rings (SSSR count). The van der Waals surface area contributed by atoms with Crippen LogP contribution in [0.1, 0.15) is 44.1 Å². The fraction of sp³-hybridized carbons (Fsp3) is 0.750. The van der Waals surface area contributed by atoms with Crippen LogP contribution in [0, 0.1) is 6.92 Å². The minimum Gasteiger partial charge on any atom is -0.378 e. The molecule has 3 heterocycles. The van der Waals surface area contributed by atoms with Crippen molar-refractivity contribution in [3.63, 3.8) is 0 Å². The third-order valence-electron chi connectivity index (χ3n) is 5.63. The highest BCUT2D eigenvalue weighted by molar-refractivity contribution is 5.78. The van der Waals surface area contributed by atoms with E-state index in [1.165, 1.54) is 0 Å². The van der Waals surface area contributed by atoms with Crippen molar-refractivity contribution in [2.24, 2.45) is 0 Å². The predicted molar refractivity (Wildman–Crippen MR) is 106 cm³/mol. The summed E-state index contributed by atoms with van der Waals surface area (Å²) in [6.45, 7) is 11.7. The smallest absolute Gasteiger partial charge is 0.236 e. The molecule has 27 heavy (non-hydrogen) atoms. The zero-order valence-corrected chi connectivity index (χ0v) is 17.1. The summed E-state index contributed by atoms with van der Waals surface area (Å²) >= 11 is 0. The summed E-state index contributed by atoms with van der Waals surface area (Å²) in [6.07, 6.45) is 2.21. The Morgan fingerprint density at radius 2 is 2.04 bits per heavy atom. The fourth-order valence-electron chi connectivity index (χ4n) is 3.77. The van der Waals surface area contributed by atoms with E-state index in [1.54, 1.807) is 0 Å². The number of rotatable bonds is 5. The lowest BCUT2D eigenvalue weighted by Gasteiger charge is -2.34. The van der Waals surface area contributed by atoms with Crippen molar-refractivity contribution in [1.82, 2.24) is 19.8 Å². The second-order valence-corrected chi connectivity index (χ2v) is 7.97. The highest BCUT2D eigenvalue weighted by Gasteiger charge is 2.26. The number of hydrogen-bond donors (Lipinski definition) is 0. The molecule has 2 fully saturated rings. The monoisotopic (exact) mass is 375 g/mol. The van der Waals surface area contributed by atoms with Crippen LogP contribution in [0.2, 0.25) is 0 Å². The summed E-state index contributed by atoms with van der Waals surface area (Å²) in [5, 5.41) is 0. The van der Waals surface area contributed by atoms with E-state index in [9.17, 15) is 4.79 Å². The van der Waals surface area contributed by atoms with Crippen LogP contribution in [-0.4, -0.2) is 84.7 Å². The molecule has 2 saturated heterocycles. The van der Waals surface area contributed by atoms with Gasteiger partial charge in [-0.15, -0.1) is 0 Å². The number of piperidine rings is 1. The molecular formula is C20H33N5O2. The minimum atomic E-state index is 0.193. The molecule has 0 aromatic carbocycles. The molecule has 7 nitrogen and oxygen atoms in total. The van der Waals surface area contributed by atoms with Crippen molar-refractivity contribution in [2.45, 2.75) is 45.6 Å². The van der Waals surface area contributed by atoms with Crippen molar-refractivity contribution in [3.05, 3.63) is 17.6 Å². The first-order valence-corrected chi connectivity index (χ1v) is 10.1. The van der Waals surface area contributed by atoms with Crippen LogP contribution >= 0.6 is 0 Å². The summed E-state index contributed by atoms with van der Waals surface area (Å²) < 4.78 is 5.46. The molecule has 0 bridgehead atoms. The molecule has 2 aliphatic heterocycles. The summed E-state index contributed by atoms with van der Waals surface area (Å²) in [5.41, 5.74) is 1.11. The van der Waals surface area contributed by atoms with Crippen molar-refractivity contribution >= 4 is 11.7 Å². The van der Waals surface area contributed by atoms with Gasteiger partial charge >= 0.3 is 0 Å². The number of aromatic nitrogens is 2. The molecule has 0 saturated carbocycles. The Labute approximate surface area is 162 Å². The van der Waals surface area contributed by atoms with Gasteiger partial charge in [0, 0.05) is 44.7 Å². The van der Waals surface area contributed by atoms with E-state index in [0.717, 1.165) is 69.6 Å². The second-order valence-electron chi connectivity index (χ2n) is 7.97. The number of ether oxygens (including phenoxy) is 1. The number of amides is 1. The fourth-order valence-corrected chi connectivity index (χ4v) is 3.77. The van der Waals surface area contributed by atoms with E-state index in [4.69, 9.17) is 9.72 Å². The number of morpholine rings is 1. The Kier molecular flexibility index (Phi) is 6.65. The summed E-state index contributed by atoms with van der Waals surface area (Å²) in [6, 6.07) is 2.38. The first-order chi connectivity index (χ1) is 12.9. The molecule has 1 aromatic rings. The maximum atomic E-state index is 12.5. The molecule has 0 radical (unpaired) electrons. The van der Waals surface area contributed by atoms with E-state index >= 15 is 0 Å². The molecule has 0 aliphatic carbocycles. The van der Waals surface area contributed by atoms with Crippen molar-refractivity contribution in [1.29, 1.82) is 0 Å². The van der Waals surface area contributed by atoms with E-state index in [0.29, 0.717) is 12.5 Å². The van der Waals surface area contributed by atoms with Gasteiger partial charge in [-0.05, 0) is 40.2 Å². The standard InChI is InChI=1S/C20H33N5O2/c1-15(2)23(4)20(26)14-24-7-5-6-17(13-24)18-12-19(22-16(3)21-18)25-8-10-27-11-9-25/h12,15,17H,5-11,13-14H2,1-4H3. The number of anilines is 1. The van der Waals surface area contributed by atoms with Gasteiger partial charge < -0.3 is 14.5 Å². The topological polar surface area (TPSA) is 61.8 Å². The molecular weight excluding hydrogens is 342 g/mol. The van der Waals surface area contributed by atoms with Crippen molar-refractivity contribution in [2.75, 3.05) is 57.9 Å². The van der Waals surface area contributed by atoms with Gasteiger partial charge in [0.2, 0.25) is 5.91 Å². The average molecular weight is 376 g/mol. The Bertz CT molecular complexity index is 645. The van der Waals surface area contributed by atoms with Gasteiger partial charge in [0.1, 0.15) is 11.6 Å². The Hall–Kier alpha value is -1.73. The Balaban J connectivity index is 1.68. The van der Waals surface area contributed by atoms with E-state index in [-0.39, 0.29) is 11.9 Å². The molecule has 1 amide bonds. The highest BCUT2D eigenvalue weighted by Crippen LogP contribution is 2.28. The lowest BCUT2D eigenvalue weighted by atomic mass is 9.94. The van der Waals surface area contributed by atoms with E-state index in [1.807, 2.05) is 32.7 Å². The van der Waals surface area contributed by atoms with Gasteiger partial charge in [-0.25, -0.2) is 9.97 Å². The minimum absolute atomic E-state index is 0.193. The number of carbonyl (C=O) groups excluding carboxylic acids is 1. The SMILES string of the molecule is Cc1nc(C2CCCN(CC(=O)N(C)C(C)C)C2)cc(N2CCOCC2)n1. The maximum Gasteiger partial charge on any atom is 0.236 e. The van der Waals surface area contributed by atoms with Gasteiger partial charge in [0.05, 0.1) is 25.5 Å². The molecule has 2 aliphatic rings. The number of carbonyl (C=O) groups is 1. The van der Waals surface area contributed by atoms with Crippen LogP contribution in [0.4, 0.5) is 5.82 Å². The summed E-state index contributed by atoms with van der Waals surface area (Å²) in [4.78, 5) is 28.2. The van der Waals surface area contributed by atoms with Crippen molar-refractivity contribution in [3.8, 4) is 0 Å². The molecule has 0 N–H and O–H groups in total. The quantitative estimate of drug-likeness (QED) is 0.780. The Morgan fingerprint density at radius 1 is 1.30 bits per heavy atom. The molecule has 1 unspecified atom stereocenters. The Morgan fingerprint density at radius 3 is 2.74 bits per heavy atom. The summed E-state index contributed by atoms with van der Waals surface area (Å²) in [5.74, 6) is 2.38. The van der Waals surface area contributed by atoms with E-state index in [2.05, 4.69) is 20.9 Å². The number of likely N-dealkylation sites (N-methyl/N-ethyl adjacent to an activating group) is 1. The van der Waals surface area contributed by atoms with Crippen LogP contribution < -0.4 is 4.90 Å². The molecule has 1 atom stereocenters. The molecule has 7 heteroatoms. The van der Waals surface area contributed by atoms with Gasteiger partial charge in [0.15, 0.2) is 0 Å². The lowest BCUT2D eigenvalue weighted by molar-refractivity contribution is -0.132. The van der Waals surface area contributed by atoms with Crippen LogP contribution in [0.3, 0.4) is 0 Å². The summed E-state index contributed by atoms with van der Waals surface area (Å²) in [7, 11) is 1.89. The van der Waals surface area contributed by atoms with Crippen LogP contribution in [0.15, 0.2) is 6.07 Å². The maximum absolute atomic E-state index is 12.5. The number of aryl methyl sites for hydroxylation is 1. The van der Waals surface area contributed by atoms with Gasteiger partial charge in [-0.1, -0.05) is 0 Å². The second kappa shape index (κ2) is 8.97. The van der Waals surface area contributed by atoms with Crippen LogP contribution in [0.5, 0.6) is 0 Å². The highest BCUT2D eigenvalue weighted by atomic mass is 16.5. The van der Waals surface area contributed by atoms with Crippen molar-refractivity contribution < 1.29 is 9.53 Å². The lowest BCUT2D eigenvalue weighted by Crippen LogP contribution is -2.44. The van der Waals surface area contributed by atoms with Gasteiger partial charge in [0.25, 0.3) is 0 Å². The average Bonchev–Trinajstić information content (AvgIpc) is 2.67. The first-order valence-electron chi connectivity index (χ1n) is 10.1. The normalized spacial score (nSPS) is 21.5. The molecule has 150 valence electrons. The van der Waals surface area contributed by atoms with Crippen LogP contribution in [0.25, 0.3) is 0 Å². The number of likely N-dealkylation sites (tertiary alicyclic amines) is 1. The third-order valence-corrected chi connectivity index (χ3v) is 5.63.